The molecule has 0 unspecified atom stereocenters. The van der Waals surface area contributed by atoms with Gasteiger partial charge in [0.15, 0.2) is 0 Å². The third kappa shape index (κ3) is 6.39. The number of likely N-dealkylation sites (N-methyl/N-ethyl adjacent to an activating group) is 1. The van der Waals surface area contributed by atoms with Gasteiger partial charge >= 0.3 is 0 Å². The van der Waals surface area contributed by atoms with Crippen molar-refractivity contribution < 1.29 is 0 Å². The first kappa shape index (κ1) is 14.9. The molecule has 0 aromatic rings. The van der Waals surface area contributed by atoms with Crippen molar-refractivity contribution >= 4 is 0 Å². The summed E-state index contributed by atoms with van der Waals surface area (Å²) < 4.78 is 0. The molecule has 3 nitrogen and oxygen atoms in total. The van der Waals surface area contributed by atoms with E-state index in [0.717, 1.165) is 5.92 Å². The van der Waals surface area contributed by atoms with Crippen LogP contribution in [0, 0.1) is 5.92 Å². The molecule has 1 aliphatic heterocycles. The largest absolute Gasteiger partial charge is 0.304 e. The third-order valence-electron chi connectivity index (χ3n) is 3.49. The van der Waals surface area contributed by atoms with Crippen molar-refractivity contribution in [3.63, 3.8) is 0 Å². The lowest BCUT2D eigenvalue weighted by Crippen LogP contribution is -2.38. The van der Waals surface area contributed by atoms with Crippen molar-refractivity contribution in [2.45, 2.75) is 27.2 Å². The molecule has 1 fully saturated rings. The summed E-state index contributed by atoms with van der Waals surface area (Å²) in [5.41, 5.74) is 0. The fourth-order valence-electron chi connectivity index (χ4n) is 2.48. The van der Waals surface area contributed by atoms with Crippen LogP contribution in [-0.4, -0.2) is 74.1 Å². The Bertz CT molecular complexity index is 194. The van der Waals surface area contributed by atoms with Crippen molar-refractivity contribution in [2.75, 3.05) is 59.4 Å². The van der Waals surface area contributed by atoms with Crippen LogP contribution in [0.4, 0.5) is 0 Å². The van der Waals surface area contributed by atoms with Crippen molar-refractivity contribution in [2.24, 2.45) is 5.92 Å². The van der Waals surface area contributed by atoms with Crippen molar-refractivity contribution in [3.05, 3.63) is 0 Å². The number of hydrogen-bond acceptors (Lipinski definition) is 3. The van der Waals surface area contributed by atoms with Crippen LogP contribution in [0.5, 0.6) is 0 Å². The number of rotatable bonds is 4. The van der Waals surface area contributed by atoms with E-state index in [-0.39, 0.29) is 0 Å². The van der Waals surface area contributed by atoms with Crippen LogP contribution >= 0.6 is 0 Å². The zero-order valence-electron chi connectivity index (χ0n) is 12.3. The van der Waals surface area contributed by atoms with Crippen LogP contribution in [0.1, 0.15) is 27.2 Å². The van der Waals surface area contributed by atoms with E-state index in [1.165, 1.54) is 58.8 Å². The van der Waals surface area contributed by atoms with Gasteiger partial charge < -0.3 is 14.7 Å². The quantitative estimate of drug-likeness (QED) is 0.740. The number of hydrogen-bond donors (Lipinski definition) is 0. The lowest BCUT2D eigenvalue weighted by molar-refractivity contribution is 0.204. The predicted molar refractivity (Wildman–Crippen MR) is 75.5 cm³/mol. The zero-order chi connectivity index (χ0) is 12.7. The molecule has 0 bridgehead atoms. The van der Waals surface area contributed by atoms with Crippen molar-refractivity contribution in [3.8, 4) is 0 Å². The normalized spacial score (nSPS) is 22.4. The van der Waals surface area contributed by atoms with E-state index >= 15 is 0 Å². The molecule has 3 heteroatoms. The SMILES string of the molecule is CCCN1CCN(C)CCN(CC(C)C)CC1. The summed E-state index contributed by atoms with van der Waals surface area (Å²) in [7, 11) is 2.25. The first-order chi connectivity index (χ1) is 8.11. The molecule has 0 aromatic carbocycles. The van der Waals surface area contributed by atoms with Gasteiger partial charge in [-0.05, 0) is 25.9 Å². The standard InChI is InChI=1S/C14H31N3/c1-5-6-16-9-7-15(4)8-10-17(12-11-16)13-14(2)3/h14H,5-13H2,1-4H3. The molecule has 0 aromatic heterocycles. The Morgan fingerprint density at radius 1 is 0.882 bits per heavy atom. The molecule has 0 spiro atoms. The van der Waals surface area contributed by atoms with Crippen LogP contribution in [0.15, 0.2) is 0 Å². The maximum Gasteiger partial charge on any atom is 0.0110 e. The Labute approximate surface area is 108 Å². The van der Waals surface area contributed by atoms with Gasteiger partial charge in [0.05, 0.1) is 0 Å². The average molecular weight is 241 g/mol. The molecule has 0 radical (unpaired) electrons. The lowest BCUT2D eigenvalue weighted by atomic mass is 10.2. The van der Waals surface area contributed by atoms with Gasteiger partial charge in [0.25, 0.3) is 0 Å². The average Bonchev–Trinajstić information content (AvgIpc) is 2.34. The van der Waals surface area contributed by atoms with Crippen LogP contribution in [0.3, 0.4) is 0 Å². The summed E-state index contributed by atoms with van der Waals surface area (Å²) >= 11 is 0. The highest BCUT2D eigenvalue weighted by atomic mass is 15.2. The maximum absolute atomic E-state index is 2.63. The maximum atomic E-state index is 2.63. The van der Waals surface area contributed by atoms with Gasteiger partial charge in [0, 0.05) is 45.8 Å². The first-order valence-electron chi connectivity index (χ1n) is 7.25. The van der Waals surface area contributed by atoms with Gasteiger partial charge in [-0.3, -0.25) is 0 Å². The Balaban J connectivity index is 2.47. The van der Waals surface area contributed by atoms with E-state index in [1.807, 2.05) is 0 Å². The Morgan fingerprint density at radius 2 is 1.41 bits per heavy atom. The van der Waals surface area contributed by atoms with Gasteiger partial charge in [0.1, 0.15) is 0 Å². The van der Waals surface area contributed by atoms with Crippen molar-refractivity contribution in [1.29, 1.82) is 0 Å². The van der Waals surface area contributed by atoms with Gasteiger partial charge in [-0.2, -0.15) is 0 Å². The second-order valence-electron chi connectivity index (χ2n) is 5.84. The van der Waals surface area contributed by atoms with E-state index < -0.39 is 0 Å². The van der Waals surface area contributed by atoms with Crippen LogP contribution in [-0.2, 0) is 0 Å². The fourth-order valence-corrected chi connectivity index (χ4v) is 2.48. The van der Waals surface area contributed by atoms with Gasteiger partial charge in [-0.15, -0.1) is 0 Å². The highest BCUT2D eigenvalue weighted by Gasteiger charge is 2.14. The summed E-state index contributed by atoms with van der Waals surface area (Å²) in [6.45, 7) is 16.8. The molecular formula is C14H31N3. The highest BCUT2D eigenvalue weighted by Crippen LogP contribution is 2.03. The van der Waals surface area contributed by atoms with Crippen LogP contribution in [0.25, 0.3) is 0 Å². The Morgan fingerprint density at radius 3 is 2.00 bits per heavy atom. The summed E-state index contributed by atoms with van der Waals surface area (Å²) in [6.07, 6.45) is 1.27. The van der Waals surface area contributed by atoms with E-state index in [2.05, 4.69) is 42.5 Å². The molecular weight excluding hydrogens is 210 g/mol. The second kappa shape index (κ2) is 8.06. The highest BCUT2D eigenvalue weighted by molar-refractivity contribution is 4.70. The summed E-state index contributed by atoms with van der Waals surface area (Å²) in [5, 5.41) is 0. The van der Waals surface area contributed by atoms with E-state index in [1.54, 1.807) is 0 Å². The van der Waals surface area contributed by atoms with Gasteiger partial charge in [0.2, 0.25) is 0 Å². The molecule has 0 saturated carbocycles. The lowest BCUT2D eigenvalue weighted by Gasteiger charge is -2.26. The minimum atomic E-state index is 0.778. The molecule has 102 valence electrons. The second-order valence-corrected chi connectivity index (χ2v) is 5.84. The molecule has 0 aliphatic carbocycles. The summed E-state index contributed by atoms with van der Waals surface area (Å²) in [5.74, 6) is 0.778. The van der Waals surface area contributed by atoms with Gasteiger partial charge in [-0.25, -0.2) is 0 Å². The molecule has 0 N–H and O–H groups in total. The van der Waals surface area contributed by atoms with Crippen LogP contribution < -0.4 is 0 Å². The summed E-state index contributed by atoms with van der Waals surface area (Å²) in [6, 6.07) is 0. The third-order valence-corrected chi connectivity index (χ3v) is 3.49. The summed E-state index contributed by atoms with van der Waals surface area (Å²) in [4.78, 5) is 7.73. The van der Waals surface area contributed by atoms with E-state index in [9.17, 15) is 0 Å². The monoisotopic (exact) mass is 241 g/mol. The zero-order valence-corrected chi connectivity index (χ0v) is 12.3. The van der Waals surface area contributed by atoms with Crippen LogP contribution in [0.2, 0.25) is 0 Å². The fraction of sp³-hybridized carbons (Fsp3) is 1.00. The topological polar surface area (TPSA) is 9.72 Å². The first-order valence-corrected chi connectivity index (χ1v) is 7.25. The minimum absolute atomic E-state index is 0.778. The number of nitrogens with zero attached hydrogens (tertiary/aromatic N) is 3. The van der Waals surface area contributed by atoms with Crippen molar-refractivity contribution in [1.82, 2.24) is 14.7 Å². The van der Waals surface area contributed by atoms with E-state index in [4.69, 9.17) is 0 Å². The predicted octanol–water partition coefficient (Wildman–Crippen LogP) is 1.60. The molecule has 0 amide bonds. The Kier molecular flexibility index (Phi) is 7.09. The molecule has 0 atom stereocenters. The Hall–Kier alpha value is -0.120. The molecule has 1 heterocycles. The van der Waals surface area contributed by atoms with Gasteiger partial charge in [-0.1, -0.05) is 20.8 Å². The minimum Gasteiger partial charge on any atom is -0.304 e. The van der Waals surface area contributed by atoms with E-state index in [0.29, 0.717) is 0 Å². The molecule has 1 saturated heterocycles. The smallest absolute Gasteiger partial charge is 0.0110 e. The molecule has 1 aliphatic rings. The molecule has 1 rings (SSSR count). The molecule has 17 heavy (non-hydrogen) atoms.